The minimum Gasteiger partial charge on any atom is -0.478 e. The number of aromatic nitrogens is 2. The maximum atomic E-state index is 11.3. The molecule has 0 radical (unpaired) electrons. The lowest BCUT2D eigenvalue weighted by Crippen LogP contribution is -2.07. The highest BCUT2D eigenvalue weighted by Gasteiger charge is 2.11. The second-order valence-corrected chi connectivity index (χ2v) is 6.66. The summed E-state index contributed by atoms with van der Waals surface area (Å²) in [5, 5.41) is 16.1. The summed E-state index contributed by atoms with van der Waals surface area (Å²) in [6, 6.07) is 14.6. The largest absolute Gasteiger partial charge is 0.478 e. The van der Waals surface area contributed by atoms with E-state index in [2.05, 4.69) is 15.3 Å². The van der Waals surface area contributed by atoms with Crippen LogP contribution in [-0.4, -0.2) is 27.6 Å². The zero-order chi connectivity index (χ0) is 18.8. The van der Waals surface area contributed by atoms with E-state index >= 15 is 0 Å². The Morgan fingerprint density at radius 3 is 2.71 bits per heavy atom. The number of hydrogen-bond donors (Lipinski definition) is 2. The van der Waals surface area contributed by atoms with Gasteiger partial charge in [0.25, 0.3) is 0 Å². The van der Waals surface area contributed by atoms with E-state index in [-0.39, 0.29) is 18.0 Å². The minimum absolute atomic E-state index is 0. The van der Waals surface area contributed by atoms with E-state index in [0.29, 0.717) is 22.9 Å². The van der Waals surface area contributed by atoms with E-state index in [1.165, 1.54) is 0 Å². The summed E-state index contributed by atoms with van der Waals surface area (Å²) in [7, 11) is 0. The minimum atomic E-state index is -0.972. The van der Waals surface area contributed by atoms with E-state index in [9.17, 15) is 9.90 Å². The van der Waals surface area contributed by atoms with Crippen molar-refractivity contribution in [2.75, 3.05) is 11.9 Å². The molecule has 2 N–H and O–H groups in total. The summed E-state index contributed by atoms with van der Waals surface area (Å²) in [6.45, 7) is 0.675. The number of nitrogens with one attached hydrogen (secondary N) is 1. The van der Waals surface area contributed by atoms with E-state index in [1.54, 1.807) is 30.6 Å². The molecular formula is C21H17Cl2N3O2. The molecule has 2 aromatic heterocycles. The number of aromatic carboxylic acids is 1. The molecule has 0 saturated heterocycles. The van der Waals surface area contributed by atoms with E-state index in [0.717, 1.165) is 28.1 Å². The fourth-order valence-corrected chi connectivity index (χ4v) is 3.35. The molecular weight excluding hydrogens is 397 g/mol. The molecule has 4 rings (SSSR count). The lowest BCUT2D eigenvalue weighted by atomic mass is 10.1. The first kappa shape index (κ1) is 19.9. The normalized spacial score (nSPS) is 10.6. The SMILES string of the molecule is Cl.O=C(O)c1ccc2c(c1)nc(NCCc1cccc(Cl)c1)c1ccncc12. The van der Waals surface area contributed by atoms with Crippen molar-refractivity contribution in [3.63, 3.8) is 0 Å². The van der Waals surface area contributed by atoms with Crippen LogP contribution in [0.25, 0.3) is 21.7 Å². The zero-order valence-electron chi connectivity index (χ0n) is 14.7. The van der Waals surface area contributed by atoms with Crippen LogP contribution in [0.1, 0.15) is 15.9 Å². The molecule has 0 aliphatic carbocycles. The number of nitrogens with zero attached hydrogens (tertiary/aromatic N) is 2. The van der Waals surface area contributed by atoms with E-state index in [1.807, 2.05) is 30.3 Å². The van der Waals surface area contributed by atoms with Gasteiger partial charge in [0.05, 0.1) is 11.1 Å². The molecule has 7 heteroatoms. The molecule has 2 heterocycles. The van der Waals surface area contributed by atoms with Gasteiger partial charge in [-0.3, -0.25) is 4.98 Å². The predicted octanol–water partition coefficient (Wildman–Crippen LogP) is 5.21. The standard InChI is InChI=1S/C21H16ClN3O2.ClH/c22-15-3-1-2-13(10-15)6-9-24-20-17-7-8-23-12-18(17)16-5-4-14(21(26)27)11-19(16)25-20;/h1-5,7-8,10-12H,6,9H2,(H,24,25)(H,26,27);1H. The number of benzene rings is 2. The third kappa shape index (κ3) is 4.01. The molecule has 0 saturated carbocycles. The van der Waals surface area contributed by atoms with Crippen molar-refractivity contribution in [1.82, 2.24) is 9.97 Å². The number of anilines is 1. The lowest BCUT2D eigenvalue weighted by Gasteiger charge is -2.12. The Labute approximate surface area is 172 Å². The van der Waals surface area contributed by atoms with Gasteiger partial charge in [-0.15, -0.1) is 12.4 Å². The highest BCUT2D eigenvalue weighted by atomic mass is 35.5. The fourth-order valence-electron chi connectivity index (χ4n) is 3.13. The summed E-state index contributed by atoms with van der Waals surface area (Å²) in [5.41, 5.74) is 1.97. The Balaban J connectivity index is 0.00000225. The molecule has 0 fully saturated rings. The van der Waals surface area contributed by atoms with Crippen molar-refractivity contribution >= 4 is 57.5 Å². The van der Waals surface area contributed by atoms with Crippen molar-refractivity contribution in [2.45, 2.75) is 6.42 Å². The first-order chi connectivity index (χ1) is 13.1. The molecule has 142 valence electrons. The molecule has 0 aliphatic heterocycles. The Morgan fingerprint density at radius 2 is 1.93 bits per heavy atom. The van der Waals surface area contributed by atoms with Gasteiger partial charge in [-0.05, 0) is 42.3 Å². The number of halogens is 2. The number of rotatable bonds is 5. The van der Waals surface area contributed by atoms with Crippen molar-refractivity contribution in [2.24, 2.45) is 0 Å². The average molecular weight is 414 g/mol. The van der Waals surface area contributed by atoms with Gasteiger partial charge in [0, 0.05) is 40.1 Å². The van der Waals surface area contributed by atoms with Crippen LogP contribution < -0.4 is 5.32 Å². The Hall–Kier alpha value is -2.89. The van der Waals surface area contributed by atoms with Gasteiger partial charge in [-0.2, -0.15) is 0 Å². The second-order valence-electron chi connectivity index (χ2n) is 6.23. The third-order valence-corrected chi connectivity index (χ3v) is 4.67. The Kier molecular flexibility index (Phi) is 5.97. The summed E-state index contributed by atoms with van der Waals surface area (Å²) < 4.78 is 0. The molecule has 2 aromatic carbocycles. The Morgan fingerprint density at radius 1 is 1.07 bits per heavy atom. The maximum absolute atomic E-state index is 11.3. The Bertz CT molecular complexity index is 1160. The van der Waals surface area contributed by atoms with E-state index < -0.39 is 5.97 Å². The summed E-state index contributed by atoms with van der Waals surface area (Å²) in [4.78, 5) is 20.2. The van der Waals surface area contributed by atoms with Crippen LogP contribution in [0, 0.1) is 0 Å². The number of carboxylic acid groups (broad SMARTS) is 1. The molecule has 0 atom stereocenters. The summed E-state index contributed by atoms with van der Waals surface area (Å²) >= 11 is 6.04. The molecule has 4 aromatic rings. The van der Waals surface area contributed by atoms with Crippen molar-refractivity contribution in [3.05, 3.63) is 77.1 Å². The summed E-state index contributed by atoms with van der Waals surface area (Å²) in [6.07, 6.45) is 4.30. The quantitative estimate of drug-likeness (QED) is 0.439. The number of carboxylic acids is 1. The average Bonchev–Trinajstić information content (AvgIpc) is 2.67. The molecule has 28 heavy (non-hydrogen) atoms. The van der Waals surface area contributed by atoms with Crippen LogP contribution in [-0.2, 0) is 6.42 Å². The monoisotopic (exact) mass is 413 g/mol. The maximum Gasteiger partial charge on any atom is 0.335 e. The molecule has 0 spiro atoms. The number of hydrogen-bond acceptors (Lipinski definition) is 4. The van der Waals surface area contributed by atoms with Gasteiger partial charge in [0.15, 0.2) is 0 Å². The van der Waals surface area contributed by atoms with Crippen molar-refractivity contribution in [1.29, 1.82) is 0 Å². The zero-order valence-corrected chi connectivity index (χ0v) is 16.3. The van der Waals surface area contributed by atoms with Crippen LogP contribution in [0.2, 0.25) is 5.02 Å². The lowest BCUT2D eigenvalue weighted by molar-refractivity contribution is 0.0697. The highest BCUT2D eigenvalue weighted by Crippen LogP contribution is 2.29. The molecule has 0 unspecified atom stereocenters. The van der Waals surface area contributed by atoms with Crippen LogP contribution in [0.15, 0.2) is 60.9 Å². The number of fused-ring (bicyclic) bond motifs is 3. The van der Waals surface area contributed by atoms with Crippen LogP contribution in [0.5, 0.6) is 0 Å². The van der Waals surface area contributed by atoms with Gasteiger partial charge in [0.1, 0.15) is 5.82 Å². The van der Waals surface area contributed by atoms with Gasteiger partial charge in [-0.1, -0.05) is 29.8 Å². The fraction of sp³-hybridized carbons (Fsp3) is 0.0952. The molecule has 0 bridgehead atoms. The number of carbonyl (C=O) groups is 1. The smallest absolute Gasteiger partial charge is 0.335 e. The number of pyridine rings is 2. The van der Waals surface area contributed by atoms with Gasteiger partial charge in [-0.25, -0.2) is 9.78 Å². The molecule has 0 amide bonds. The first-order valence-electron chi connectivity index (χ1n) is 8.51. The molecule has 5 nitrogen and oxygen atoms in total. The summed E-state index contributed by atoms with van der Waals surface area (Å²) in [5.74, 6) is -0.259. The second kappa shape index (κ2) is 8.42. The third-order valence-electron chi connectivity index (χ3n) is 4.44. The van der Waals surface area contributed by atoms with Gasteiger partial charge in [0.2, 0.25) is 0 Å². The van der Waals surface area contributed by atoms with Crippen LogP contribution >= 0.6 is 24.0 Å². The predicted molar refractivity (Wildman–Crippen MR) is 115 cm³/mol. The first-order valence-corrected chi connectivity index (χ1v) is 8.89. The van der Waals surface area contributed by atoms with Gasteiger partial charge >= 0.3 is 5.97 Å². The highest BCUT2D eigenvalue weighted by molar-refractivity contribution is 6.30. The van der Waals surface area contributed by atoms with Crippen molar-refractivity contribution in [3.8, 4) is 0 Å². The topological polar surface area (TPSA) is 75.1 Å². The van der Waals surface area contributed by atoms with Crippen LogP contribution in [0.3, 0.4) is 0 Å². The van der Waals surface area contributed by atoms with Crippen LogP contribution in [0.4, 0.5) is 5.82 Å². The van der Waals surface area contributed by atoms with Crippen molar-refractivity contribution < 1.29 is 9.90 Å². The molecule has 0 aliphatic rings. The van der Waals surface area contributed by atoms with E-state index in [4.69, 9.17) is 11.6 Å². The van der Waals surface area contributed by atoms with Gasteiger partial charge < -0.3 is 10.4 Å².